The highest BCUT2D eigenvalue weighted by molar-refractivity contribution is 7.89. The van der Waals surface area contributed by atoms with Gasteiger partial charge in [-0.1, -0.05) is 45.0 Å². The van der Waals surface area contributed by atoms with Crippen molar-refractivity contribution in [2.45, 2.75) is 49.8 Å². The molecule has 37 heavy (non-hydrogen) atoms. The number of hydrogen-bond acceptors (Lipinski definition) is 4. The second-order valence-corrected chi connectivity index (χ2v) is 12.6. The Balaban J connectivity index is 1.21. The SMILES string of the molecule is CC(C)(C)c1ccc(C(=O)Nc2ccc(S(=O)(=O)N3CCC(c4nc5ccccc5[nH]4)CC3)cc2)cc1. The number of carbonyl (C=O) groups is 1. The lowest BCUT2D eigenvalue weighted by Gasteiger charge is -2.30. The van der Waals surface area contributed by atoms with Crippen LogP contribution in [0.5, 0.6) is 0 Å². The summed E-state index contributed by atoms with van der Waals surface area (Å²) >= 11 is 0. The van der Waals surface area contributed by atoms with Crippen LogP contribution in [0.4, 0.5) is 5.69 Å². The summed E-state index contributed by atoms with van der Waals surface area (Å²) in [4.78, 5) is 21.0. The summed E-state index contributed by atoms with van der Waals surface area (Å²) in [7, 11) is -3.62. The number of nitrogens with one attached hydrogen (secondary N) is 2. The fourth-order valence-corrected chi connectivity index (χ4v) is 6.19. The third-order valence-corrected chi connectivity index (χ3v) is 8.92. The summed E-state index contributed by atoms with van der Waals surface area (Å²) in [6.07, 6.45) is 1.42. The highest BCUT2D eigenvalue weighted by atomic mass is 32.2. The van der Waals surface area contributed by atoms with Gasteiger partial charge in [-0.3, -0.25) is 4.79 Å². The van der Waals surface area contributed by atoms with Crippen LogP contribution in [0.3, 0.4) is 0 Å². The molecule has 2 N–H and O–H groups in total. The first-order valence-corrected chi connectivity index (χ1v) is 14.0. The maximum atomic E-state index is 13.3. The second-order valence-electron chi connectivity index (χ2n) is 10.6. The van der Waals surface area contributed by atoms with E-state index < -0.39 is 10.0 Å². The number of imidazole rings is 1. The Kier molecular flexibility index (Phi) is 6.64. The number of anilines is 1. The van der Waals surface area contributed by atoms with Gasteiger partial charge in [0.2, 0.25) is 10.0 Å². The van der Waals surface area contributed by atoms with E-state index in [9.17, 15) is 13.2 Å². The number of sulfonamides is 1. The van der Waals surface area contributed by atoms with Crippen LogP contribution in [0.15, 0.2) is 77.7 Å². The molecule has 1 saturated heterocycles. The van der Waals surface area contributed by atoms with Crippen molar-refractivity contribution in [2.75, 3.05) is 18.4 Å². The first-order valence-electron chi connectivity index (χ1n) is 12.6. The lowest BCUT2D eigenvalue weighted by Crippen LogP contribution is -2.38. The van der Waals surface area contributed by atoms with Crippen LogP contribution in [-0.4, -0.2) is 41.7 Å². The fraction of sp³-hybridized carbons (Fsp3) is 0.310. The summed E-state index contributed by atoms with van der Waals surface area (Å²) in [6.45, 7) is 7.25. The zero-order valence-corrected chi connectivity index (χ0v) is 22.2. The Morgan fingerprint density at radius 3 is 2.22 bits per heavy atom. The van der Waals surface area contributed by atoms with Crippen LogP contribution in [0, 0.1) is 0 Å². The van der Waals surface area contributed by atoms with E-state index in [1.54, 1.807) is 24.3 Å². The number of H-pyrrole nitrogens is 1. The lowest BCUT2D eigenvalue weighted by molar-refractivity contribution is 0.102. The zero-order valence-electron chi connectivity index (χ0n) is 21.4. The maximum Gasteiger partial charge on any atom is 0.255 e. The van der Waals surface area contributed by atoms with Gasteiger partial charge in [0.15, 0.2) is 0 Å². The monoisotopic (exact) mass is 516 g/mol. The number of carbonyl (C=O) groups excluding carboxylic acids is 1. The lowest BCUT2D eigenvalue weighted by atomic mass is 9.87. The van der Waals surface area contributed by atoms with Gasteiger partial charge < -0.3 is 10.3 Å². The van der Waals surface area contributed by atoms with Gasteiger partial charge in [-0.15, -0.1) is 0 Å². The number of rotatable bonds is 5. The quantitative estimate of drug-likeness (QED) is 0.357. The summed E-state index contributed by atoms with van der Waals surface area (Å²) < 4.78 is 28.0. The highest BCUT2D eigenvalue weighted by Crippen LogP contribution is 2.31. The van der Waals surface area contributed by atoms with Crippen molar-refractivity contribution in [1.29, 1.82) is 0 Å². The molecule has 3 aromatic carbocycles. The van der Waals surface area contributed by atoms with Crippen LogP contribution < -0.4 is 5.32 Å². The van der Waals surface area contributed by atoms with Crippen molar-refractivity contribution in [3.05, 3.63) is 89.7 Å². The highest BCUT2D eigenvalue weighted by Gasteiger charge is 2.31. The number of nitrogens with zero attached hydrogens (tertiary/aromatic N) is 2. The van der Waals surface area contributed by atoms with Crippen molar-refractivity contribution in [3.63, 3.8) is 0 Å². The number of hydrogen-bond donors (Lipinski definition) is 2. The minimum absolute atomic E-state index is 0.0129. The summed E-state index contributed by atoms with van der Waals surface area (Å²) in [5.74, 6) is 0.893. The van der Waals surface area contributed by atoms with Gasteiger partial charge in [-0.25, -0.2) is 13.4 Å². The number of aromatic nitrogens is 2. The first-order chi connectivity index (χ1) is 17.6. The van der Waals surface area contributed by atoms with E-state index in [1.807, 2.05) is 48.5 Å². The maximum absolute atomic E-state index is 13.3. The molecule has 192 valence electrons. The van der Waals surface area contributed by atoms with Crippen LogP contribution in [-0.2, 0) is 15.4 Å². The minimum Gasteiger partial charge on any atom is -0.342 e. The molecule has 0 radical (unpaired) electrons. The molecule has 1 aliphatic heterocycles. The number of amides is 1. The molecule has 0 spiro atoms. The molecule has 1 aliphatic rings. The van der Waals surface area contributed by atoms with Crippen molar-refractivity contribution in [2.24, 2.45) is 0 Å². The Labute approximate surface area is 218 Å². The van der Waals surface area contributed by atoms with Crippen molar-refractivity contribution in [3.8, 4) is 0 Å². The molecule has 7 nitrogen and oxygen atoms in total. The van der Waals surface area contributed by atoms with E-state index >= 15 is 0 Å². The molecule has 2 heterocycles. The molecule has 0 unspecified atom stereocenters. The number of piperidine rings is 1. The Hall–Kier alpha value is -3.49. The molecule has 5 rings (SSSR count). The molecule has 1 aromatic heterocycles. The van der Waals surface area contributed by atoms with Gasteiger partial charge in [-0.2, -0.15) is 4.31 Å². The average Bonchev–Trinajstić information content (AvgIpc) is 3.33. The Bertz CT molecular complexity index is 1480. The third kappa shape index (κ3) is 5.31. The normalized spacial score (nSPS) is 15.6. The fourth-order valence-electron chi connectivity index (χ4n) is 4.72. The van der Waals surface area contributed by atoms with Gasteiger partial charge >= 0.3 is 0 Å². The number of benzene rings is 3. The largest absolute Gasteiger partial charge is 0.342 e. The summed E-state index contributed by atoms with van der Waals surface area (Å²) in [5, 5.41) is 2.85. The van der Waals surface area contributed by atoms with E-state index in [1.165, 1.54) is 4.31 Å². The average molecular weight is 517 g/mol. The molecule has 1 fully saturated rings. The first kappa shape index (κ1) is 25.2. The van der Waals surface area contributed by atoms with Gasteiger partial charge in [0.05, 0.1) is 15.9 Å². The predicted molar refractivity (Wildman–Crippen MR) is 146 cm³/mol. The number of para-hydroxylation sites is 2. The number of fused-ring (bicyclic) bond motifs is 1. The van der Waals surface area contributed by atoms with Gasteiger partial charge in [0.1, 0.15) is 5.82 Å². The molecular formula is C29H32N4O3S. The standard InChI is InChI=1S/C29H32N4O3S/c1-29(2,3)22-10-8-21(9-11-22)28(34)30-23-12-14-24(15-13-23)37(35,36)33-18-16-20(17-19-33)27-31-25-6-4-5-7-26(25)32-27/h4-15,20H,16-19H2,1-3H3,(H,30,34)(H,31,32). The van der Waals surface area contributed by atoms with Gasteiger partial charge in [-0.05, 0) is 72.4 Å². The molecule has 0 bridgehead atoms. The van der Waals surface area contributed by atoms with Crippen molar-refractivity contribution in [1.82, 2.24) is 14.3 Å². The van der Waals surface area contributed by atoms with Crippen molar-refractivity contribution >= 4 is 32.7 Å². The topological polar surface area (TPSA) is 95.2 Å². The Morgan fingerprint density at radius 2 is 1.59 bits per heavy atom. The van der Waals surface area contributed by atoms with E-state index in [4.69, 9.17) is 4.98 Å². The molecular weight excluding hydrogens is 484 g/mol. The molecule has 1 amide bonds. The third-order valence-electron chi connectivity index (χ3n) is 7.01. The molecule has 0 saturated carbocycles. The van der Waals surface area contributed by atoms with E-state index in [0.717, 1.165) is 22.4 Å². The van der Waals surface area contributed by atoms with Crippen molar-refractivity contribution < 1.29 is 13.2 Å². The smallest absolute Gasteiger partial charge is 0.255 e. The van der Waals surface area contributed by atoms with E-state index in [0.29, 0.717) is 37.2 Å². The van der Waals surface area contributed by atoms with E-state index in [-0.39, 0.29) is 22.1 Å². The number of aromatic amines is 1. The molecule has 0 aliphatic carbocycles. The molecule has 4 aromatic rings. The molecule has 8 heteroatoms. The summed E-state index contributed by atoms with van der Waals surface area (Å²) in [6, 6.07) is 21.8. The van der Waals surface area contributed by atoms with Gasteiger partial charge in [0.25, 0.3) is 5.91 Å². The summed E-state index contributed by atoms with van der Waals surface area (Å²) in [5.41, 5.74) is 4.20. The zero-order chi connectivity index (χ0) is 26.2. The second kappa shape index (κ2) is 9.76. The van der Waals surface area contributed by atoms with E-state index in [2.05, 4.69) is 31.1 Å². The minimum atomic E-state index is -3.62. The predicted octanol–water partition coefficient (Wildman–Crippen LogP) is 5.68. The van der Waals surface area contributed by atoms with Crippen LogP contribution in [0.1, 0.15) is 61.3 Å². The van der Waals surface area contributed by atoms with Crippen LogP contribution in [0.2, 0.25) is 0 Å². The van der Waals surface area contributed by atoms with Crippen LogP contribution in [0.25, 0.3) is 11.0 Å². The van der Waals surface area contributed by atoms with Crippen LogP contribution >= 0.6 is 0 Å². The van der Waals surface area contributed by atoms with Gasteiger partial charge in [0, 0.05) is 30.3 Å². The molecule has 0 atom stereocenters. The Morgan fingerprint density at radius 1 is 0.946 bits per heavy atom.